The average Bonchev–Trinajstić information content (AvgIpc) is 2.75. The van der Waals surface area contributed by atoms with Gasteiger partial charge in [-0.2, -0.15) is 0 Å². The van der Waals surface area contributed by atoms with E-state index in [1.807, 2.05) is 42.5 Å². The van der Waals surface area contributed by atoms with E-state index in [2.05, 4.69) is 22.4 Å². The van der Waals surface area contributed by atoms with Crippen LogP contribution in [0.3, 0.4) is 0 Å². The molecule has 0 aliphatic heterocycles. The third kappa shape index (κ3) is 3.86. The summed E-state index contributed by atoms with van der Waals surface area (Å²) in [5, 5.41) is 4.20. The van der Waals surface area contributed by atoms with Gasteiger partial charge in [0, 0.05) is 5.39 Å². The van der Waals surface area contributed by atoms with Gasteiger partial charge in [-0.25, -0.2) is 0 Å². The van der Waals surface area contributed by atoms with Crippen molar-refractivity contribution in [2.24, 2.45) is 5.41 Å². The number of amides is 1. The van der Waals surface area contributed by atoms with E-state index >= 15 is 0 Å². The highest BCUT2D eigenvalue weighted by Crippen LogP contribution is 2.40. The molecule has 1 aromatic heterocycles. The number of para-hydroxylation sites is 1. The summed E-state index contributed by atoms with van der Waals surface area (Å²) in [6.45, 7) is 0. The Morgan fingerprint density at radius 1 is 1.07 bits per heavy atom. The van der Waals surface area contributed by atoms with Crippen molar-refractivity contribution < 1.29 is 9.53 Å². The van der Waals surface area contributed by atoms with Gasteiger partial charge in [-0.15, -0.1) is 0 Å². The number of ether oxygens (including phenoxy) is 1. The van der Waals surface area contributed by atoms with E-state index in [-0.39, 0.29) is 11.3 Å². The first kappa shape index (κ1) is 18.5. The van der Waals surface area contributed by atoms with Crippen molar-refractivity contribution >= 4 is 22.5 Å². The molecule has 1 aliphatic rings. The quantitative estimate of drug-likeness (QED) is 0.653. The number of fused-ring (bicyclic) bond motifs is 1. The highest BCUT2D eigenvalue weighted by Gasteiger charge is 2.39. The predicted molar refractivity (Wildman–Crippen MR) is 113 cm³/mol. The van der Waals surface area contributed by atoms with Gasteiger partial charge in [-0.3, -0.25) is 9.78 Å². The van der Waals surface area contributed by atoms with Gasteiger partial charge in [-0.05, 0) is 49.1 Å². The predicted octanol–water partition coefficient (Wildman–Crippen LogP) is 5.38. The molecule has 2 aromatic carbocycles. The maximum absolute atomic E-state index is 13.4. The summed E-state index contributed by atoms with van der Waals surface area (Å²) in [6, 6.07) is 18.0. The Bertz CT molecular complexity index is 960. The Kier molecular flexibility index (Phi) is 5.29. The molecular weight excluding hydrogens is 348 g/mol. The number of methoxy groups -OCH3 is 1. The molecule has 3 aromatic rings. The Balaban J connectivity index is 1.57. The zero-order valence-corrected chi connectivity index (χ0v) is 16.3. The number of hydrogen-bond donors (Lipinski definition) is 1. The van der Waals surface area contributed by atoms with Gasteiger partial charge in [0.1, 0.15) is 5.75 Å². The van der Waals surface area contributed by atoms with Gasteiger partial charge in [0.2, 0.25) is 5.91 Å². The molecule has 28 heavy (non-hydrogen) atoms. The smallest absolute Gasteiger partial charge is 0.230 e. The molecule has 1 aliphatic carbocycles. The summed E-state index contributed by atoms with van der Waals surface area (Å²) in [4.78, 5) is 17.9. The molecule has 0 spiro atoms. The second-order valence-corrected chi connectivity index (χ2v) is 7.74. The van der Waals surface area contributed by atoms with E-state index in [1.54, 1.807) is 13.3 Å². The monoisotopic (exact) mass is 374 g/mol. The van der Waals surface area contributed by atoms with Crippen LogP contribution in [0.2, 0.25) is 0 Å². The fourth-order valence-corrected chi connectivity index (χ4v) is 4.25. The first-order valence-electron chi connectivity index (χ1n) is 9.98. The Morgan fingerprint density at radius 2 is 1.82 bits per heavy atom. The van der Waals surface area contributed by atoms with Crippen LogP contribution in [0.25, 0.3) is 10.9 Å². The molecule has 1 fully saturated rings. The van der Waals surface area contributed by atoms with E-state index in [0.717, 1.165) is 54.4 Å². The van der Waals surface area contributed by atoms with E-state index in [0.29, 0.717) is 0 Å². The fraction of sp³-hybridized carbons (Fsp3) is 0.333. The third-order valence-corrected chi connectivity index (χ3v) is 5.84. The highest BCUT2D eigenvalue weighted by molar-refractivity contribution is 5.97. The number of carbonyl (C=O) groups excluding carboxylic acids is 1. The van der Waals surface area contributed by atoms with Crippen LogP contribution in [0, 0.1) is 5.41 Å². The molecule has 0 saturated heterocycles. The molecule has 4 heteroatoms. The summed E-state index contributed by atoms with van der Waals surface area (Å²) in [5.41, 5.74) is 2.52. The van der Waals surface area contributed by atoms with E-state index < -0.39 is 0 Å². The van der Waals surface area contributed by atoms with Crippen molar-refractivity contribution in [1.82, 2.24) is 4.98 Å². The second-order valence-electron chi connectivity index (χ2n) is 7.74. The zero-order chi connectivity index (χ0) is 19.4. The third-order valence-electron chi connectivity index (χ3n) is 5.84. The molecule has 144 valence electrons. The minimum absolute atomic E-state index is 0.111. The lowest BCUT2D eigenvalue weighted by Crippen LogP contribution is -2.40. The van der Waals surface area contributed by atoms with Crippen LogP contribution in [0.15, 0.2) is 60.8 Å². The van der Waals surface area contributed by atoms with Crippen molar-refractivity contribution in [2.45, 2.75) is 38.5 Å². The maximum Gasteiger partial charge on any atom is 0.230 e. The Morgan fingerprint density at radius 3 is 2.57 bits per heavy atom. The lowest BCUT2D eigenvalue weighted by Gasteiger charge is -2.36. The fourth-order valence-electron chi connectivity index (χ4n) is 4.25. The van der Waals surface area contributed by atoms with Crippen LogP contribution in [-0.4, -0.2) is 18.0 Å². The number of hydrogen-bond acceptors (Lipinski definition) is 3. The first-order valence-corrected chi connectivity index (χ1v) is 9.98. The molecule has 0 bridgehead atoms. The van der Waals surface area contributed by atoms with Crippen LogP contribution in [0.1, 0.15) is 37.7 Å². The summed E-state index contributed by atoms with van der Waals surface area (Å²) in [6.07, 6.45) is 7.75. The number of pyridine rings is 1. The molecule has 4 nitrogen and oxygen atoms in total. The number of aromatic nitrogens is 1. The molecule has 1 saturated carbocycles. The SMILES string of the molecule is COc1ccc(CC2(C(=O)Nc3cnc4ccccc4c3)CCCCC2)cc1. The van der Waals surface area contributed by atoms with Gasteiger partial charge in [-0.1, -0.05) is 49.6 Å². The van der Waals surface area contributed by atoms with Crippen LogP contribution in [0.5, 0.6) is 5.75 Å². The molecule has 1 heterocycles. The van der Waals surface area contributed by atoms with Gasteiger partial charge >= 0.3 is 0 Å². The van der Waals surface area contributed by atoms with E-state index in [9.17, 15) is 4.79 Å². The maximum atomic E-state index is 13.4. The topological polar surface area (TPSA) is 51.2 Å². The Labute approximate surface area is 165 Å². The van der Waals surface area contributed by atoms with Crippen molar-refractivity contribution in [1.29, 1.82) is 0 Å². The van der Waals surface area contributed by atoms with Crippen LogP contribution in [0.4, 0.5) is 5.69 Å². The van der Waals surface area contributed by atoms with Crippen molar-refractivity contribution in [3.63, 3.8) is 0 Å². The molecule has 0 unspecified atom stereocenters. The molecule has 1 N–H and O–H groups in total. The number of nitrogens with one attached hydrogen (secondary N) is 1. The van der Waals surface area contributed by atoms with Crippen molar-refractivity contribution in [3.8, 4) is 5.75 Å². The van der Waals surface area contributed by atoms with Gasteiger partial charge in [0.15, 0.2) is 0 Å². The van der Waals surface area contributed by atoms with Crippen LogP contribution >= 0.6 is 0 Å². The van der Waals surface area contributed by atoms with Gasteiger partial charge < -0.3 is 10.1 Å². The van der Waals surface area contributed by atoms with E-state index in [4.69, 9.17) is 4.74 Å². The summed E-state index contributed by atoms with van der Waals surface area (Å²) in [5.74, 6) is 0.952. The lowest BCUT2D eigenvalue weighted by atomic mass is 9.69. The number of anilines is 1. The largest absolute Gasteiger partial charge is 0.497 e. The minimum Gasteiger partial charge on any atom is -0.497 e. The molecule has 4 rings (SSSR count). The van der Waals surface area contributed by atoms with Crippen molar-refractivity contribution in [3.05, 3.63) is 66.4 Å². The summed E-state index contributed by atoms with van der Waals surface area (Å²) in [7, 11) is 1.67. The average molecular weight is 374 g/mol. The Hall–Kier alpha value is -2.88. The molecule has 1 amide bonds. The molecule has 0 atom stereocenters. The van der Waals surface area contributed by atoms with Crippen molar-refractivity contribution in [2.75, 3.05) is 12.4 Å². The summed E-state index contributed by atoms with van der Waals surface area (Å²) < 4.78 is 5.26. The zero-order valence-electron chi connectivity index (χ0n) is 16.3. The van der Waals surface area contributed by atoms with Gasteiger partial charge in [0.25, 0.3) is 0 Å². The van der Waals surface area contributed by atoms with Crippen LogP contribution in [-0.2, 0) is 11.2 Å². The summed E-state index contributed by atoms with van der Waals surface area (Å²) >= 11 is 0. The van der Waals surface area contributed by atoms with E-state index in [1.165, 1.54) is 12.0 Å². The molecular formula is C24H26N2O2. The lowest BCUT2D eigenvalue weighted by molar-refractivity contribution is -0.127. The number of carbonyl (C=O) groups is 1. The molecule has 0 radical (unpaired) electrons. The second kappa shape index (κ2) is 8.01. The highest BCUT2D eigenvalue weighted by atomic mass is 16.5. The number of rotatable bonds is 5. The minimum atomic E-state index is -0.363. The standard InChI is InChI=1S/C24H26N2O2/c1-28-21-11-9-18(10-12-21)16-24(13-5-2-6-14-24)23(27)26-20-15-19-7-3-4-8-22(19)25-17-20/h3-4,7-12,15,17H,2,5-6,13-14,16H2,1H3,(H,26,27). The van der Waals surface area contributed by atoms with Crippen LogP contribution < -0.4 is 10.1 Å². The number of nitrogens with zero attached hydrogens (tertiary/aromatic N) is 1. The first-order chi connectivity index (χ1) is 13.7. The number of benzene rings is 2. The normalized spacial score (nSPS) is 15.9. The van der Waals surface area contributed by atoms with Gasteiger partial charge in [0.05, 0.1) is 29.9 Å².